The second kappa shape index (κ2) is 9.48. The number of rotatable bonds is 8. The fourth-order valence-electron chi connectivity index (χ4n) is 2.79. The van der Waals surface area contributed by atoms with Crippen LogP contribution in [0.2, 0.25) is 0 Å². The van der Waals surface area contributed by atoms with Crippen LogP contribution in [0.4, 0.5) is 13.2 Å². The zero-order valence-electron chi connectivity index (χ0n) is 16.4. The van der Waals surface area contributed by atoms with Crippen molar-refractivity contribution in [1.29, 1.82) is 0 Å². The molecule has 0 bridgehead atoms. The van der Waals surface area contributed by atoms with Crippen LogP contribution >= 0.6 is 0 Å². The number of aromatic nitrogens is 1. The Labute approximate surface area is 176 Å². The molecule has 31 heavy (non-hydrogen) atoms. The standard InChI is InChI=1S/C22H19F3N2O4/c1-2-19(22(28)29)31-21-18(25)10-17(24)20(27-21)30-15-5-3-4-12(9-15)13-6-7-16(23)14(8-13)11-26/h3-10,19H,2,11,26H2,1H3,(H,28,29)/t19-/m1/s1. The van der Waals surface area contributed by atoms with Crippen molar-refractivity contribution >= 4 is 5.97 Å². The van der Waals surface area contributed by atoms with E-state index in [9.17, 15) is 18.0 Å². The fourth-order valence-corrected chi connectivity index (χ4v) is 2.79. The molecule has 3 rings (SSSR count). The minimum Gasteiger partial charge on any atom is -0.479 e. The lowest BCUT2D eigenvalue weighted by Gasteiger charge is -2.14. The second-order valence-electron chi connectivity index (χ2n) is 6.56. The largest absolute Gasteiger partial charge is 0.479 e. The minimum absolute atomic E-state index is 0.0262. The lowest BCUT2D eigenvalue weighted by molar-refractivity contribution is -0.145. The SMILES string of the molecule is CC[C@@H](Oc1nc(Oc2cccc(-c3ccc(F)c(CN)c3)c2)c(F)cc1F)C(=O)O. The summed E-state index contributed by atoms with van der Waals surface area (Å²) in [4.78, 5) is 14.8. The third kappa shape index (κ3) is 5.13. The highest BCUT2D eigenvalue weighted by molar-refractivity contribution is 5.72. The number of carboxylic acids is 1. The van der Waals surface area contributed by atoms with Crippen molar-refractivity contribution in [2.24, 2.45) is 5.73 Å². The van der Waals surface area contributed by atoms with E-state index in [2.05, 4.69) is 4.98 Å². The number of hydrogen-bond donors (Lipinski definition) is 2. The number of ether oxygens (including phenoxy) is 2. The van der Waals surface area contributed by atoms with Crippen molar-refractivity contribution in [2.75, 3.05) is 0 Å². The van der Waals surface area contributed by atoms with Crippen LogP contribution in [0.15, 0.2) is 48.5 Å². The van der Waals surface area contributed by atoms with Crippen LogP contribution in [0.5, 0.6) is 17.5 Å². The molecular weight excluding hydrogens is 413 g/mol. The number of benzene rings is 2. The molecule has 6 nitrogen and oxygen atoms in total. The topological polar surface area (TPSA) is 94.7 Å². The number of halogens is 3. The Balaban J connectivity index is 1.90. The van der Waals surface area contributed by atoms with E-state index in [1.54, 1.807) is 30.3 Å². The van der Waals surface area contributed by atoms with E-state index in [1.807, 2.05) is 0 Å². The summed E-state index contributed by atoms with van der Waals surface area (Å²) in [6.45, 7) is 1.56. The van der Waals surface area contributed by atoms with Gasteiger partial charge < -0.3 is 20.3 Å². The number of pyridine rings is 1. The molecule has 0 saturated carbocycles. The van der Waals surface area contributed by atoms with Crippen LogP contribution in [0, 0.1) is 17.5 Å². The van der Waals surface area contributed by atoms with Gasteiger partial charge in [-0.05, 0) is 41.8 Å². The third-order valence-corrected chi connectivity index (χ3v) is 4.41. The number of aliphatic carboxylic acids is 1. The predicted molar refractivity (Wildman–Crippen MR) is 106 cm³/mol. The van der Waals surface area contributed by atoms with Crippen LogP contribution in [0.25, 0.3) is 11.1 Å². The molecule has 1 atom stereocenters. The quantitative estimate of drug-likeness (QED) is 0.538. The average molecular weight is 432 g/mol. The lowest BCUT2D eigenvalue weighted by Crippen LogP contribution is -2.26. The van der Waals surface area contributed by atoms with Crippen LogP contribution < -0.4 is 15.2 Å². The molecule has 0 fully saturated rings. The van der Waals surface area contributed by atoms with E-state index < -0.39 is 41.3 Å². The molecule has 3 aromatic rings. The molecule has 3 N–H and O–H groups in total. The van der Waals surface area contributed by atoms with E-state index in [0.29, 0.717) is 22.8 Å². The van der Waals surface area contributed by atoms with Gasteiger partial charge in [0.15, 0.2) is 17.7 Å². The second-order valence-corrected chi connectivity index (χ2v) is 6.56. The minimum atomic E-state index is -1.35. The molecule has 9 heteroatoms. The van der Waals surface area contributed by atoms with Gasteiger partial charge in [-0.3, -0.25) is 0 Å². The van der Waals surface area contributed by atoms with Crippen LogP contribution in [-0.2, 0) is 11.3 Å². The van der Waals surface area contributed by atoms with Gasteiger partial charge in [0.2, 0.25) is 0 Å². The van der Waals surface area contributed by atoms with Crippen LogP contribution in [0.1, 0.15) is 18.9 Å². The van der Waals surface area contributed by atoms with E-state index in [1.165, 1.54) is 19.1 Å². The third-order valence-electron chi connectivity index (χ3n) is 4.41. The molecule has 0 aliphatic heterocycles. The molecule has 0 radical (unpaired) electrons. The van der Waals surface area contributed by atoms with Crippen LogP contribution in [0.3, 0.4) is 0 Å². The normalized spacial score (nSPS) is 11.8. The highest BCUT2D eigenvalue weighted by Crippen LogP contribution is 2.31. The molecule has 0 unspecified atom stereocenters. The molecule has 2 aromatic carbocycles. The van der Waals surface area contributed by atoms with Gasteiger partial charge in [0.1, 0.15) is 11.6 Å². The summed E-state index contributed by atoms with van der Waals surface area (Å²) in [5, 5.41) is 9.07. The van der Waals surface area contributed by atoms with Crippen molar-refractivity contribution in [3.63, 3.8) is 0 Å². The van der Waals surface area contributed by atoms with Crippen molar-refractivity contribution in [3.8, 4) is 28.6 Å². The van der Waals surface area contributed by atoms with Crippen LogP contribution in [-0.4, -0.2) is 22.2 Å². The Morgan fingerprint density at radius 2 is 1.74 bits per heavy atom. The molecule has 1 heterocycles. The average Bonchev–Trinajstić information content (AvgIpc) is 2.75. The molecule has 162 valence electrons. The number of hydrogen-bond acceptors (Lipinski definition) is 5. The van der Waals surface area contributed by atoms with E-state index in [-0.39, 0.29) is 18.7 Å². The maximum Gasteiger partial charge on any atom is 0.344 e. The highest BCUT2D eigenvalue weighted by atomic mass is 19.1. The van der Waals surface area contributed by atoms with E-state index >= 15 is 0 Å². The summed E-state index contributed by atoms with van der Waals surface area (Å²) in [5.41, 5.74) is 7.18. The first-order valence-electron chi connectivity index (χ1n) is 9.34. The van der Waals surface area contributed by atoms with Crippen molar-refractivity contribution < 1.29 is 32.5 Å². The Morgan fingerprint density at radius 3 is 2.42 bits per heavy atom. The van der Waals surface area contributed by atoms with Gasteiger partial charge in [0.05, 0.1) is 0 Å². The predicted octanol–water partition coefficient (Wildman–Crippen LogP) is 4.66. The van der Waals surface area contributed by atoms with Gasteiger partial charge in [-0.1, -0.05) is 25.1 Å². The molecule has 0 aliphatic carbocycles. The van der Waals surface area contributed by atoms with Gasteiger partial charge in [-0.15, -0.1) is 0 Å². The summed E-state index contributed by atoms with van der Waals surface area (Å²) in [5.74, 6) is -5.08. The zero-order chi connectivity index (χ0) is 22.5. The zero-order valence-corrected chi connectivity index (χ0v) is 16.4. The number of carboxylic acid groups (broad SMARTS) is 1. The summed E-state index contributed by atoms with van der Waals surface area (Å²) < 4.78 is 52.4. The van der Waals surface area contributed by atoms with Gasteiger partial charge in [0, 0.05) is 18.2 Å². The summed E-state index contributed by atoms with van der Waals surface area (Å²) in [6, 6.07) is 11.4. The maximum atomic E-state index is 14.2. The van der Waals surface area contributed by atoms with Crippen molar-refractivity contribution in [2.45, 2.75) is 26.0 Å². The Morgan fingerprint density at radius 1 is 1.03 bits per heavy atom. The first-order chi connectivity index (χ1) is 14.8. The first-order valence-corrected chi connectivity index (χ1v) is 9.34. The lowest BCUT2D eigenvalue weighted by atomic mass is 10.0. The van der Waals surface area contributed by atoms with Gasteiger partial charge in [0.25, 0.3) is 11.8 Å². The Kier molecular flexibility index (Phi) is 6.76. The van der Waals surface area contributed by atoms with Gasteiger partial charge in [-0.2, -0.15) is 4.98 Å². The van der Waals surface area contributed by atoms with E-state index in [0.717, 1.165) is 0 Å². The number of carbonyl (C=O) groups is 1. The van der Waals surface area contributed by atoms with Gasteiger partial charge >= 0.3 is 5.97 Å². The molecule has 0 spiro atoms. The van der Waals surface area contributed by atoms with Crippen molar-refractivity contribution in [3.05, 3.63) is 71.5 Å². The molecular formula is C22H19F3N2O4. The molecule has 0 aliphatic rings. The Bertz CT molecular complexity index is 1110. The Hall–Kier alpha value is -3.59. The maximum absolute atomic E-state index is 14.2. The highest BCUT2D eigenvalue weighted by Gasteiger charge is 2.22. The fraction of sp³-hybridized carbons (Fsp3) is 0.182. The molecule has 0 saturated heterocycles. The summed E-state index contributed by atoms with van der Waals surface area (Å²) in [7, 11) is 0. The summed E-state index contributed by atoms with van der Waals surface area (Å²) in [6.07, 6.45) is -1.30. The summed E-state index contributed by atoms with van der Waals surface area (Å²) >= 11 is 0. The smallest absolute Gasteiger partial charge is 0.344 e. The van der Waals surface area contributed by atoms with E-state index in [4.69, 9.17) is 20.3 Å². The number of nitrogens with zero attached hydrogens (tertiary/aromatic N) is 1. The van der Waals surface area contributed by atoms with Gasteiger partial charge in [-0.25, -0.2) is 18.0 Å². The number of nitrogens with two attached hydrogens (primary N) is 1. The van der Waals surface area contributed by atoms with Crippen molar-refractivity contribution in [1.82, 2.24) is 4.98 Å². The first kappa shape index (κ1) is 22.1. The molecule has 1 aromatic heterocycles. The molecule has 0 amide bonds. The monoisotopic (exact) mass is 432 g/mol.